The quantitative estimate of drug-likeness (QED) is 0.519. The molecule has 1 saturated heterocycles. The first-order chi connectivity index (χ1) is 16.9. The predicted octanol–water partition coefficient (Wildman–Crippen LogP) is 3.81. The van der Waals surface area contributed by atoms with Gasteiger partial charge >= 0.3 is 0 Å². The van der Waals surface area contributed by atoms with Gasteiger partial charge < -0.3 is 19.9 Å². The largest absolute Gasteiger partial charge is 0.472 e. The summed E-state index contributed by atoms with van der Waals surface area (Å²) < 4.78 is 45.3. The van der Waals surface area contributed by atoms with Crippen molar-refractivity contribution < 1.29 is 22.7 Å². The van der Waals surface area contributed by atoms with E-state index in [4.69, 9.17) is 4.74 Å². The molecule has 0 bridgehead atoms. The van der Waals surface area contributed by atoms with Gasteiger partial charge in [-0.1, -0.05) is 12.1 Å². The summed E-state index contributed by atoms with van der Waals surface area (Å²) in [6.07, 6.45) is -1.28. The molecule has 2 aromatic heterocycles. The molecule has 0 aliphatic carbocycles. The molecule has 1 aromatic carbocycles. The summed E-state index contributed by atoms with van der Waals surface area (Å²) in [6.45, 7) is 4.47. The molecule has 11 heteroatoms. The molecule has 4 rings (SSSR count). The summed E-state index contributed by atoms with van der Waals surface area (Å²) in [4.78, 5) is 19.0. The number of aromatic nitrogens is 3. The molecule has 3 heterocycles. The van der Waals surface area contributed by atoms with E-state index in [-0.39, 0.29) is 36.4 Å². The number of ether oxygens (including phenoxy) is 1. The van der Waals surface area contributed by atoms with Crippen LogP contribution in [-0.2, 0) is 17.9 Å². The molecule has 3 aromatic rings. The molecular formula is C24H25F3N6O2. The zero-order valence-corrected chi connectivity index (χ0v) is 19.1. The van der Waals surface area contributed by atoms with Gasteiger partial charge in [0.15, 0.2) is 0 Å². The maximum absolute atomic E-state index is 14.7. The number of piperazine rings is 1. The lowest BCUT2D eigenvalue weighted by molar-refractivity contribution is -0.129. The molecule has 0 radical (unpaired) electrons. The minimum atomic E-state index is -2.61. The highest BCUT2D eigenvalue weighted by atomic mass is 19.3. The number of carbonyl (C=O) groups is 1. The Morgan fingerprint density at radius 3 is 2.49 bits per heavy atom. The third-order valence-electron chi connectivity index (χ3n) is 5.68. The van der Waals surface area contributed by atoms with E-state index >= 15 is 0 Å². The number of amides is 1. The average molecular weight is 486 g/mol. The summed E-state index contributed by atoms with van der Waals surface area (Å²) in [5.74, 6) is 0.431. The lowest BCUT2D eigenvalue weighted by Crippen LogP contribution is -2.48. The second kappa shape index (κ2) is 11.0. The zero-order chi connectivity index (χ0) is 24.8. The van der Waals surface area contributed by atoms with E-state index in [1.165, 1.54) is 24.4 Å². The number of benzene rings is 1. The van der Waals surface area contributed by atoms with Gasteiger partial charge in [0.2, 0.25) is 11.8 Å². The third-order valence-corrected chi connectivity index (χ3v) is 5.68. The van der Waals surface area contributed by atoms with E-state index in [0.29, 0.717) is 43.1 Å². The lowest BCUT2D eigenvalue weighted by atomic mass is 10.1. The minimum Gasteiger partial charge on any atom is -0.472 e. The Bertz CT molecular complexity index is 1140. The highest BCUT2D eigenvalue weighted by molar-refractivity contribution is 5.73. The normalized spacial score (nSPS) is 13.7. The molecule has 1 aliphatic rings. The Balaban J connectivity index is 1.26. The maximum atomic E-state index is 14.7. The molecule has 0 unspecified atom stereocenters. The Labute approximate surface area is 200 Å². The van der Waals surface area contributed by atoms with Crippen LogP contribution in [-0.4, -0.2) is 52.2 Å². The van der Waals surface area contributed by atoms with Crippen molar-refractivity contribution in [3.05, 3.63) is 71.3 Å². The van der Waals surface area contributed by atoms with Crippen molar-refractivity contribution >= 4 is 17.4 Å². The standard InChI is InChI=1S/C24H25F3N6O2/c1-16(34)32-8-10-33(11-9-32)19-4-3-18(20(25)12-19)14-29-22-6-7-23(31-30-22)35-15-17-2-5-21(24(26)27)28-13-17/h2-7,12-13,24H,8-11,14-15H2,1H3,(H,29,30). The second-order valence-corrected chi connectivity index (χ2v) is 8.06. The van der Waals surface area contributed by atoms with E-state index < -0.39 is 6.43 Å². The van der Waals surface area contributed by atoms with E-state index in [9.17, 15) is 18.0 Å². The van der Waals surface area contributed by atoms with Crippen molar-refractivity contribution in [2.75, 3.05) is 36.4 Å². The van der Waals surface area contributed by atoms with Crippen LogP contribution in [0.25, 0.3) is 0 Å². The number of anilines is 2. The Morgan fingerprint density at radius 1 is 1.09 bits per heavy atom. The Morgan fingerprint density at radius 2 is 1.89 bits per heavy atom. The molecule has 1 fully saturated rings. The Kier molecular flexibility index (Phi) is 7.64. The van der Waals surface area contributed by atoms with Crippen LogP contribution in [0.4, 0.5) is 24.7 Å². The van der Waals surface area contributed by atoms with E-state index in [0.717, 1.165) is 5.69 Å². The number of halogens is 3. The van der Waals surface area contributed by atoms with Gasteiger partial charge in [-0.25, -0.2) is 13.2 Å². The fourth-order valence-corrected chi connectivity index (χ4v) is 3.64. The number of alkyl halides is 2. The molecule has 1 amide bonds. The molecular weight excluding hydrogens is 461 g/mol. The third kappa shape index (κ3) is 6.37. The Hall–Kier alpha value is -3.89. The van der Waals surface area contributed by atoms with Crippen LogP contribution in [0.15, 0.2) is 48.7 Å². The fourth-order valence-electron chi connectivity index (χ4n) is 3.64. The van der Waals surface area contributed by atoms with Gasteiger partial charge in [0, 0.05) is 68.7 Å². The number of rotatable bonds is 8. The minimum absolute atomic E-state index is 0.0548. The SMILES string of the molecule is CC(=O)N1CCN(c2ccc(CNc3ccc(OCc4ccc(C(F)F)nc4)nn3)c(F)c2)CC1. The predicted molar refractivity (Wildman–Crippen MR) is 124 cm³/mol. The topological polar surface area (TPSA) is 83.5 Å². The van der Waals surface area contributed by atoms with Gasteiger partial charge in [0.25, 0.3) is 6.43 Å². The first-order valence-electron chi connectivity index (χ1n) is 11.1. The van der Waals surface area contributed by atoms with E-state index in [1.54, 1.807) is 30.0 Å². The second-order valence-electron chi connectivity index (χ2n) is 8.06. The van der Waals surface area contributed by atoms with Crippen molar-refractivity contribution in [1.82, 2.24) is 20.1 Å². The summed E-state index contributed by atoms with van der Waals surface area (Å²) in [5.41, 5.74) is 1.60. The van der Waals surface area contributed by atoms with Crippen molar-refractivity contribution in [3.63, 3.8) is 0 Å². The highest BCUT2D eigenvalue weighted by Gasteiger charge is 2.19. The summed E-state index contributed by atoms with van der Waals surface area (Å²) in [6, 6.07) is 11.1. The fraction of sp³-hybridized carbons (Fsp3) is 0.333. The number of nitrogens with one attached hydrogen (secondary N) is 1. The molecule has 0 atom stereocenters. The first-order valence-corrected chi connectivity index (χ1v) is 11.1. The van der Waals surface area contributed by atoms with Crippen LogP contribution < -0.4 is 15.0 Å². The molecule has 1 N–H and O–H groups in total. The van der Waals surface area contributed by atoms with Crippen LogP contribution in [0, 0.1) is 5.82 Å². The van der Waals surface area contributed by atoms with E-state index in [2.05, 4.69) is 25.4 Å². The van der Waals surface area contributed by atoms with Gasteiger partial charge in [0.1, 0.15) is 23.9 Å². The van der Waals surface area contributed by atoms with Gasteiger partial charge in [-0.15, -0.1) is 10.2 Å². The molecule has 184 valence electrons. The number of carbonyl (C=O) groups excluding carboxylic acids is 1. The van der Waals surface area contributed by atoms with E-state index in [1.807, 2.05) is 6.07 Å². The number of pyridine rings is 1. The summed E-state index contributed by atoms with van der Waals surface area (Å²) in [7, 11) is 0. The number of hydrogen-bond acceptors (Lipinski definition) is 7. The van der Waals surface area contributed by atoms with Crippen LogP contribution >= 0.6 is 0 Å². The van der Waals surface area contributed by atoms with Gasteiger partial charge in [-0.3, -0.25) is 9.78 Å². The smallest absolute Gasteiger partial charge is 0.280 e. The van der Waals surface area contributed by atoms with Gasteiger partial charge in [0.05, 0.1) is 0 Å². The van der Waals surface area contributed by atoms with Crippen molar-refractivity contribution in [2.24, 2.45) is 0 Å². The van der Waals surface area contributed by atoms with Crippen LogP contribution in [0.3, 0.4) is 0 Å². The zero-order valence-electron chi connectivity index (χ0n) is 19.1. The van der Waals surface area contributed by atoms with Crippen LogP contribution in [0.1, 0.15) is 30.2 Å². The lowest BCUT2D eigenvalue weighted by Gasteiger charge is -2.35. The molecule has 35 heavy (non-hydrogen) atoms. The van der Waals surface area contributed by atoms with Crippen molar-refractivity contribution in [2.45, 2.75) is 26.5 Å². The first kappa shape index (κ1) is 24.2. The average Bonchev–Trinajstić information content (AvgIpc) is 2.87. The van der Waals surface area contributed by atoms with Gasteiger partial charge in [-0.05, 0) is 24.3 Å². The van der Waals surface area contributed by atoms with Gasteiger partial charge in [-0.2, -0.15) is 0 Å². The molecule has 8 nitrogen and oxygen atoms in total. The van der Waals surface area contributed by atoms with Crippen molar-refractivity contribution in [1.29, 1.82) is 0 Å². The highest BCUT2D eigenvalue weighted by Crippen LogP contribution is 2.21. The van der Waals surface area contributed by atoms with Crippen LogP contribution in [0.2, 0.25) is 0 Å². The maximum Gasteiger partial charge on any atom is 0.280 e. The number of nitrogens with zero attached hydrogens (tertiary/aromatic N) is 5. The van der Waals surface area contributed by atoms with Crippen molar-refractivity contribution in [3.8, 4) is 5.88 Å². The molecule has 0 saturated carbocycles. The summed E-state index contributed by atoms with van der Waals surface area (Å²) >= 11 is 0. The molecule has 0 spiro atoms. The molecule has 1 aliphatic heterocycles. The summed E-state index contributed by atoms with van der Waals surface area (Å²) in [5, 5.41) is 11.0. The van der Waals surface area contributed by atoms with Crippen LogP contribution in [0.5, 0.6) is 5.88 Å². The monoisotopic (exact) mass is 486 g/mol. The number of hydrogen-bond donors (Lipinski definition) is 1.